The highest BCUT2D eigenvalue weighted by Crippen LogP contribution is 2.14. The fraction of sp³-hybridized carbons (Fsp3) is 0.286. The van der Waals surface area contributed by atoms with Crippen LogP contribution < -0.4 is 5.32 Å². The second-order valence-corrected chi connectivity index (χ2v) is 4.66. The van der Waals surface area contributed by atoms with Crippen molar-refractivity contribution in [3.63, 3.8) is 0 Å². The molecule has 100 valence electrons. The predicted octanol–water partition coefficient (Wildman–Crippen LogP) is 3.13. The zero-order chi connectivity index (χ0) is 13.8. The van der Waals surface area contributed by atoms with Crippen molar-refractivity contribution in [1.82, 2.24) is 10.5 Å². The summed E-state index contributed by atoms with van der Waals surface area (Å²) in [4.78, 5) is 12.1. The Hall–Kier alpha value is -1.81. The number of nitrogens with one attached hydrogen (secondary N) is 1. The van der Waals surface area contributed by atoms with Crippen molar-refractivity contribution in [3.8, 4) is 0 Å². The Kier molecular flexibility index (Phi) is 4.22. The van der Waals surface area contributed by atoms with Crippen LogP contribution in [0.3, 0.4) is 0 Å². The molecule has 0 aliphatic rings. The van der Waals surface area contributed by atoms with Crippen LogP contribution in [0, 0.1) is 6.92 Å². The highest BCUT2D eigenvalue weighted by molar-refractivity contribution is 6.30. The van der Waals surface area contributed by atoms with Crippen molar-refractivity contribution in [2.24, 2.45) is 0 Å². The number of nitrogens with zero attached hydrogens (tertiary/aromatic N) is 1. The first-order chi connectivity index (χ1) is 9.11. The number of hydrogen-bond acceptors (Lipinski definition) is 3. The van der Waals surface area contributed by atoms with E-state index in [9.17, 15) is 4.79 Å². The van der Waals surface area contributed by atoms with Gasteiger partial charge in [0.1, 0.15) is 11.3 Å². The van der Waals surface area contributed by atoms with E-state index in [-0.39, 0.29) is 5.91 Å². The Morgan fingerprint density at radius 2 is 2.26 bits per heavy atom. The number of carbonyl (C=O) groups excluding carboxylic acids is 1. The molecule has 1 N–H and O–H groups in total. The van der Waals surface area contributed by atoms with E-state index in [1.807, 2.05) is 25.1 Å². The van der Waals surface area contributed by atoms with Gasteiger partial charge in [-0.05, 0) is 31.0 Å². The number of aryl methyl sites for hydroxylation is 2. The maximum Gasteiger partial charge on any atom is 0.257 e. The highest BCUT2D eigenvalue weighted by Gasteiger charge is 2.18. The molecular weight excluding hydrogens is 264 g/mol. The van der Waals surface area contributed by atoms with Gasteiger partial charge in [0.15, 0.2) is 0 Å². The number of benzene rings is 1. The first kappa shape index (κ1) is 13.6. The Balaban J connectivity index is 2.07. The molecular formula is C14H15ClN2O2. The van der Waals surface area contributed by atoms with Crippen LogP contribution >= 0.6 is 11.6 Å². The third kappa shape index (κ3) is 3.15. The molecule has 0 saturated carbocycles. The summed E-state index contributed by atoms with van der Waals surface area (Å²) in [6.07, 6.45) is 0.664. The van der Waals surface area contributed by atoms with Crippen molar-refractivity contribution >= 4 is 17.5 Å². The molecule has 0 atom stereocenters. The lowest BCUT2D eigenvalue weighted by molar-refractivity contribution is 0.0948. The van der Waals surface area contributed by atoms with E-state index in [4.69, 9.17) is 16.1 Å². The smallest absolute Gasteiger partial charge is 0.257 e. The van der Waals surface area contributed by atoms with Crippen molar-refractivity contribution in [1.29, 1.82) is 0 Å². The summed E-state index contributed by atoms with van der Waals surface area (Å²) in [5, 5.41) is 7.37. The lowest BCUT2D eigenvalue weighted by atomic mass is 10.1. The minimum atomic E-state index is -0.171. The molecule has 0 radical (unpaired) electrons. The summed E-state index contributed by atoms with van der Waals surface area (Å²) in [6.45, 7) is 4.10. The maximum atomic E-state index is 12.1. The Morgan fingerprint density at radius 1 is 1.47 bits per heavy atom. The largest absolute Gasteiger partial charge is 0.361 e. The van der Waals surface area contributed by atoms with Crippen LogP contribution in [0.25, 0.3) is 0 Å². The van der Waals surface area contributed by atoms with E-state index in [0.29, 0.717) is 35.0 Å². The third-order valence-electron chi connectivity index (χ3n) is 2.84. The fourth-order valence-electron chi connectivity index (χ4n) is 1.87. The van der Waals surface area contributed by atoms with Crippen LogP contribution in [0.5, 0.6) is 0 Å². The summed E-state index contributed by atoms with van der Waals surface area (Å²) >= 11 is 5.89. The van der Waals surface area contributed by atoms with Crippen molar-refractivity contribution < 1.29 is 9.32 Å². The minimum absolute atomic E-state index is 0.171. The summed E-state index contributed by atoms with van der Waals surface area (Å²) in [5.41, 5.74) is 2.17. The molecule has 4 nitrogen and oxygen atoms in total. The minimum Gasteiger partial charge on any atom is -0.361 e. The van der Waals surface area contributed by atoms with Gasteiger partial charge in [-0.15, -0.1) is 0 Å². The molecule has 1 aromatic carbocycles. The lowest BCUT2D eigenvalue weighted by Crippen LogP contribution is -2.24. The van der Waals surface area contributed by atoms with E-state index < -0.39 is 0 Å². The number of halogens is 1. The van der Waals surface area contributed by atoms with Crippen LogP contribution in [-0.2, 0) is 13.0 Å². The van der Waals surface area contributed by atoms with Crippen LogP contribution in [0.1, 0.15) is 34.3 Å². The Bertz CT molecular complexity index is 593. The standard InChI is InChI=1S/C14H15ClN2O2/c1-3-12-13(9(2)19-17-12)14(18)16-8-10-5-4-6-11(15)7-10/h4-7H,3,8H2,1-2H3,(H,16,18). The normalized spacial score (nSPS) is 10.5. The Labute approximate surface area is 116 Å². The van der Waals surface area contributed by atoms with E-state index in [2.05, 4.69) is 10.5 Å². The first-order valence-electron chi connectivity index (χ1n) is 6.09. The number of carbonyl (C=O) groups is 1. The molecule has 2 rings (SSSR count). The maximum absolute atomic E-state index is 12.1. The number of amides is 1. The van der Waals surface area contributed by atoms with Gasteiger partial charge in [-0.25, -0.2) is 0 Å². The van der Waals surface area contributed by atoms with Gasteiger partial charge in [-0.3, -0.25) is 4.79 Å². The second-order valence-electron chi connectivity index (χ2n) is 4.23. The van der Waals surface area contributed by atoms with Gasteiger partial charge in [0.05, 0.1) is 5.69 Å². The summed E-state index contributed by atoms with van der Waals surface area (Å²) < 4.78 is 5.05. The molecule has 0 spiro atoms. The number of hydrogen-bond donors (Lipinski definition) is 1. The van der Waals surface area contributed by atoms with Gasteiger partial charge >= 0.3 is 0 Å². The zero-order valence-corrected chi connectivity index (χ0v) is 11.6. The topological polar surface area (TPSA) is 55.1 Å². The fourth-order valence-corrected chi connectivity index (χ4v) is 2.08. The molecule has 1 amide bonds. The molecule has 0 aliphatic carbocycles. The predicted molar refractivity (Wildman–Crippen MR) is 73.2 cm³/mol. The molecule has 19 heavy (non-hydrogen) atoms. The molecule has 0 bridgehead atoms. The van der Waals surface area contributed by atoms with E-state index in [1.165, 1.54) is 0 Å². The van der Waals surface area contributed by atoms with Gasteiger partial charge in [0, 0.05) is 11.6 Å². The zero-order valence-electron chi connectivity index (χ0n) is 10.9. The number of rotatable bonds is 4. The van der Waals surface area contributed by atoms with Gasteiger partial charge in [0.2, 0.25) is 0 Å². The quantitative estimate of drug-likeness (QED) is 0.935. The summed E-state index contributed by atoms with van der Waals surface area (Å²) in [7, 11) is 0. The molecule has 2 aromatic rings. The average molecular weight is 279 g/mol. The third-order valence-corrected chi connectivity index (χ3v) is 3.07. The molecule has 0 fully saturated rings. The average Bonchev–Trinajstić information content (AvgIpc) is 2.77. The summed E-state index contributed by atoms with van der Waals surface area (Å²) in [5.74, 6) is 0.371. The van der Waals surface area contributed by atoms with Crippen LogP contribution in [0.15, 0.2) is 28.8 Å². The Morgan fingerprint density at radius 3 is 2.95 bits per heavy atom. The second kappa shape index (κ2) is 5.89. The SMILES string of the molecule is CCc1noc(C)c1C(=O)NCc1cccc(Cl)c1. The van der Waals surface area contributed by atoms with Crippen molar-refractivity contribution in [2.75, 3.05) is 0 Å². The van der Waals surface area contributed by atoms with E-state index >= 15 is 0 Å². The van der Waals surface area contributed by atoms with Crippen LogP contribution in [0.2, 0.25) is 5.02 Å². The molecule has 0 aliphatic heterocycles. The van der Waals surface area contributed by atoms with Gasteiger partial charge in [-0.1, -0.05) is 35.8 Å². The van der Waals surface area contributed by atoms with Crippen LogP contribution in [-0.4, -0.2) is 11.1 Å². The molecule has 5 heteroatoms. The molecule has 0 saturated heterocycles. The van der Waals surface area contributed by atoms with Gasteiger partial charge < -0.3 is 9.84 Å². The highest BCUT2D eigenvalue weighted by atomic mass is 35.5. The van der Waals surface area contributed by atoms with Gasteiger partial charge in [0.25, 0.3) is 5.91 Å². The van der Waals surface area contributed by atoms with Crippen LogP contribution in [0.4, 0.5) is 0 Å². The summed E-state index contributed by atoms with van der Waals surface area (Å²) in [6, 6.07) is 7.38. The molecule has 0 unspecified atom stereocenters. The lowest BCUT2D eigenvalue weighted by Gasteiger charge is -2.05. The number of aromatic nitrogens is 1. The van der Waals surface area contributed by atoms with Gasteiger partial charge in [-0.2, -0.15) is 0 Å². The van der Waals surface area contributed by atoms with Crippen molar-refractivity contribution in [3.05, 3.63) is 51.9 Å². The van der Waals surface area contributed by atoms with Crippen molar-refractivity contribution in [2.45, 2.75) is 26.8 Å². The molecule has 1 aromatic heterocycles. The molecule has 1 heterocycles. The first-order valence-corrected chi connectivity index (χ1v) is 6.47. The van der Waals surface area contributed by atoms with E-state index in [0.717, 1.165) is 5.56 Å². The van der Waals surface area contributed by atoms with E-state index in [1.54, 1.807) is 13.0 Å². The monoisotopic (exact) mass is 278 g/mol.